The molecule has 2 saturated heterocycles. The molecule has 4 heterocycles. The summed E-state index contributed by atoms with van der Waals surface area (Å²) in [7, 11) is 0. The molecule has 200 valence electrons. The summed E-state index contributed by atoms with van der Waals surface area (Å²) in [6.45, 7) is 4.31. The Labute approximate surface area is 227 Å². The lowest BCUT2D eigenvalue weighted by atomic mass is 10.0. The lowest BCUT2D eigenvalue weighted by Crippen LogP contribution is -2.46. The van der Waals surface area contributed by atoms with Crippen molar-refractivity contribution < 1.29 is 9.59 Å². The van der Waals surface area contributed by atoms with Crippen LogP contribution in [0.15, 0.2) is 73.1 Å². The lowest BCUT2D eigenvalue weighted by molar-refractivity contribution is 0.0640. The Bertz CT molecular complexity index is 1440. The Morgan fingerprint density at radius 1 is 0.897 bits per heavy atom. The third-order valence-electron chi connectivity index (χ3n) is 7.74. The van der Waals surface area contributed by atoms with Crippen molar-refractivity contribution in [2.45, 2.75) is 38.3 Å². The van der Waals surface area contributed by atoms with Crippen LogP contribution in [-0.2, 0) is 6.54 Å². The van der Waals surface area contributed by atoms with E-state index in [4.69, 9.17) is 5.10 Å². The van der Waals surface area contributed by atoms with Crippen LogP contribution < -0.4 is 10.6 Å². The number of urea groups is 1. The molecular formula is C30H33N7O2. The third-order valence-corrected chi connectivity index (χ3v) is 7.74. The van der Waals surface area contributed by atoms with Gasteiger partial charge in [-0.15, -0.1) is 0 Å². The summed E-state index contributed by atoms with van der Waals surface area (Å²) in [4.78, 5) is 34.5. The predicted molar refractivity (Wildman–Crippen MR) is 151 cm³/mol. The maximum Gasteiger partial charge on any atom is 0.319 e. The molecule has 0 radical (unpaired) electrons. The van der Waals surface area contributed by atoms with Gasteiger partial charge in [-0.3, -0.25) is 9.78 Å². The molecule has 0 saturated carbocycles. The number of para-hydroxylation sites is 1. The topological polar surface area (TPSA) is 95.4 Å². The second-order valence-electron chi connectivity index (χ2n) is 10.3. The molecule has 2 aliphatic rings. The van der Waals surface area contributed by atoms with Crippen molar-refractivity contribution in [3.8, 4) is 5.69 Å². The standard InChI is InChI=1S/C30H33N7O2/c38-29(36-18-13-24(14-19-36)35-16-3-4-17-35)28-26-7-1-2-8-27(26)37(34-28)25-11-9-23(10-12-25)33-30(39)32-21-22-6-5-15-31-20-22/h1-2,5-12,15,20,24H,3-4,13-14,16-19,21H2,(H2,32,33,39). The van der Waals surface area contributed by atoms with Gasteiger partial charge in [0, 0.05) is 49.1 Å². The number of fused-ring (bicyclic) bond motifs is 1. The summed E-state index contributed by atoms with van der Waals surface area (Å²) in [6, 6.07) is 19.4. The molecule has 2 fully saturated rings. The summed E-state index contributed by atoms with van der Waals surface area (Å²) in [5.41, 5.74) is 3.77. The normalized spacial score (nSPS) is 16.5. The monoisotopic (exact) mass is 523 g/mol. The van der Waals surface area contributed by atoms with Gasteiger partial charge < -0.3 is 20.4 Å². The molecule has 2 N–H and O–H groups in total. The van der Waals surface area contributed by atoms with Crippen molar-refractivity contribution in [1.82, 2.24) is 29.9 Å². The second-order valence-corrected chi connectivity index (χ2v) is 10.3. The predicted octanol–water partition coefficient (Wildman–Crippen LogP) is 4.44. The van der Waals surface area contributed by atoms with Gasteiger partial charge in [0.2, 0.25) is 0 Å². The first kappa shape index (κ1) is 25.1. The minimum Gasteiger partial charge on any atom is -0.337 e. The summed E-state index contributed by atoms with van der Waals surface area (Å²) in [5, 5.41) is 11.3. The van der Waals surface area contributed by atoms with Gasteiger partial charge >= 0.3 is 6.03 Å². The fourth-order valence-corrected chi connectivity index (χ4v) is 5.66. The fourth-order valence-electron chi connectivity index (χ4n) is 5.66. The highest BCUT2D eigenvalue weighted by molar-refractivity contribution is 6.05. The minimum atomic E-state index is -0.294. The Kier molecular flexibility index (Phi) is 7.23. The van der Waals surface area contributed by atoms with E-state index in [0.717, 1.165) is 48.1 Å². The summed E-state index contributed by atoms with van der Waals surface area (Å²) in [6.07, 6.45) is 8.05. The molecule has 0 atom stereocenters. The number of rotatable bonds is 6. The number of pyridine rings is 1. The minimum absolute atomic E-state index is 0.00611. The highest BCUT2D eigenvalue weighted by Gasteiger charge is 2.30. The number of nitrogens with one attached hydrogen (secondary N) is 2. The number of carbonyl (C=O) groups excluding carboxylic acids is 2. The molecule has 0 spiro atoms. The van der Waals surface area contributed by atoms with E-state index in [-0.39, 0.29) is 11.9 Å². The molecular weight excluding hydrogens is 490 g/mol. The summed E-state index contributed by atoms with van der Waals surface area (Å²) >= 11 is 0. The van der Waals surface area contributed by atoms with Crippen LogP contribution in [0, 0.1) is 0 Å². The number of anilines is 1. The van der Waals surface area contributed by atoms with Crippen LogP contribution >= 0.6 is 0 Å². The third kappa shape index (κ3) is 5.49. The van der Waals surface area contributed by atoms with E-state index >= 15 is 0 Å². The average Bonchev–Trinajstić information content (AvgIpc) is 3.66. The van der Waals surface area contributed by atoms with Crippen LogP contribution in [0.3, 0.4) is 0 Å². The van der Waals surface area contributed by atoms with Gasteiger partial charge in [0.1, 0.15) is 0 Å². The largest absolute Gasteiger partial charge is 0.337 e. The van der Waals surface area contributed by atoms with Crippen LogP contribution in [0.25, 0.3) is 16.6 Å². The molecule has 0 bridgehead atoms. The zero-order chi connectivity index (χ0) is 26.6. The Morgan fingerprint density at radius 2 is 1.67 bits per heavy atom. The van der Waals surface area contributed by atoms with E-state index in [2.05, 4.69) is 20.5 Å². The van der Waals surface area contributed by atoms with Crippen LogP contribution in [0.4, 0.5) is 10.5 Å². The van der Waals surface area contributed by atoms with Crippen molar-refractivity contribution in [2.24, 2.45) is 0 Å². The Morgan fingerprint density at radius 3 is 2.41 bits per heavy atom. The molecule has 0 aliphatic carbocycles. The van der Waals surface area contributed by atoms with E-state index in [1.165, 1.54) is 25.9 Å². The zero-order valence-electron chi connectivity index (χ0n) is 21.9. The Hall–Kier alpha value is -4.24. The van der Waals surface area contributed by atoms with E-state index in [1.54, 1.807) is 12.4 Å². The number of carbonyl (C=O) groups is 2. The molecule has 3 amide bonds. The quantitative estimate of drug-likeness (QED) is 0.390. The molecule has 2 aromatic carbocycles. The first-order valence-corrected chi connectivity index (χ1v) is 13.7. The van der Waals surface area contributed by atoms with Crippen molar-refractivity contribution in [1.29, 1.82) is 0 Å². The highest BCUT2D eigenvalue weighted by atomic mass is 16.2. The van der Waals surface area contributed by atoms with Crippen LogP contribution in [0.1, 0.15) is 41.7 Å². The number of amides is 3. The molecule has 2 aromatic heterocycles. The highest BCUT2D eigenvalue weighted by Crippen LogP contribution is 2.26. The number of nitrogens with zero attached hydrogens (tertiary/aromatic N) is 5. The van der Waals surface area contributed by atoms with Crippen molar-refractivity contribution in [3.05, 3.63) is 84.3 Å². The molecule has 9 nitrogen and oxygen atoms in total. The zero-order valence-corrected chi connectivity index (χ0v) is 21.9. The first-order chi connectivity index (χ1) is 19.2. The van der Waals surface area contributed by atoms with Crippen LogP contribution in [0.2, 0.25) is 0 Å². The molecule has 6 rings (SSSR count). The van der Waals surface area contributed by atoms with Gasteiger partial charge in [0.05, 0.1) is 11.2 Å². The van der Waals surface area contributed by atoms with Gasteiger partial charge in [-0.2, -0.15) is 5.10 Å². The number of hydrogen-bond donors (Lipinski definition) is 2. The summed E-state index contributed by atoms with van der Waals surface area (Å²) < 4.78 is 1.81. The van der Waals surface area contributed by atoms with Gasteiger partial charge in [0.15, 0.2) is 5.69 Å². The molecule has 4 aromatic rings. The van der Waals surface area contributed by atoms with Gasteiger partial charge in [0.25, 0.3) is 5.91 Å². The smallest absolute Gasteiger partial charge is 0.319 e. The number of likely N-dealkylation sites (tertiary alicyclic amines) is 2. The first-order valence-electron chi connectivity index (χ1n) is 13.7. The van der Waals surface area contributed by atoms with E-state index in [9.17, 15) is 9.59 Å². The van der Waals surface area contributed by atoms with Crippen molar-refractivity contribution in [3.63, 3.8) is 0 Å². The van der Waals surface area contributed by atoms with Gasteiger partial charge in [-0.05, 0) is 80.7 Å². The van der Waals surface area contributed by atoms with Crippen LogP contribution in [0.5, 0.6) is 0 Å². The average molecular weight is 524 g/mol. The lowest BCUT2D eigenvalue weighted by Gasteiger charge is -2.36. The van der Waals surface area contributed by atoms with Crippen molar-refractivity contribution >= 4 is 28.5 Å². The maximum absolute atomic E-state index is 13.6. The maximum atomic E-state index is 13.6. The van der Waals surface area contributed by atoms with E-state index in [1.807, 2.05) is 70.2 Å². The number of aromatic nitrogens is 3. The molecule has 2 aliphatic heterocycles. The van der Waals surface area contributed by atoms with Crippen LogP contribution in [-0.4, -0.2) is 68.7 Å². The van der Waals surface area contributed by atoms with Crippen molar-refractivity contribution in [2.75, 3.05) is 31.5 Å². The van der Waals surface area contributed by atoms with E-state index < -0.39 is 0 Å². The van der Waals surface area contributed by atoms with Gasteiger partial charge in [-0.1, -0.05) is 24.3 Å². The number of benzene rings is 2. The second kappa shape index (κ2) is 11.2. The Balaban J connectivity index is 1.14. The molecule has 9 heteroatoms. The molecule has 39 heavy (non-hydrogen) atoms. The number of piperidine rings is 1. The SMILES string of the molecule is O=C(NCc1cccnc1)Nc1ccc(-n2nc(C(=O)N3CCC(N4CCCC4)CC3)c3ccccc32)cc1. The fraction of sp³-hybridized carbons (Fsp3) is 0.333. The van der Waals surface area contributed by atoms with E-state index in [0.29, 0.717) is 24.0 Å². The molecule has 0 unspecified atom stereocenters. The summed E-state index contributed by atoms with van der Waals surface area (Å²) in [5.74, 6) is -0.00611. The van der Waals surface area contributed by atoms with Gasteiger partial charge in [-0.25, -0.2) is 9.48 Å². The number of hydrogen-bond acceptors (Lipinski definition) is 5.